The Bertz CT molecular complexity index is 358. The maximum absolute atomic E-state index is 5.71. The van der Waals surface area contributed by atoms with E-state index in [0.29, 0.717) is 0 Å². The molecule has 2 rings (SSSR count). The topological polar surface area (TPSA) is 50.5 Å². The van der Waals surface area contributed by atoms with E-state index in [0.717, 1.165) is 45.9 Å². The number of ether oxygens (including phenoxy) is 1. The van der Waals surface area contributed by atoms with Gasteiger partial charge in [0.05, 0.1) is 13.2 Å². The Morgan fingerprint density at radius 3 is 2.47 bits per heavy atom. The minimum Gasteiger partial charge on any atom is -0.379 e. The molecule has 1 aliphatic heterocycles. The number of hydrogen-bond acceptors (Lipinski definition) is 4. The van der Waals surface area contributed by atoms with Crippen molar-refractivity contribution in [2.75, 3.05) is 32.8 Å². The van der Waals surface area contributed by atoms with Crippen LogP contribution in [0.3, 0.4) is 0 Å². The third-order valence-electron chi connectivity index (χ3n) is 3.33. The molecule has 0 bridgehead atoms. The van der Waals surface area contributed by atoms with Crippen molar-refractivity contribution in [3.05, 3.63) is 35.4 Å². The summed E-state index contributed by atoms with van der Waals surface area (Å²) in [5.74, 6) is 0. The van der Waals surface area contributed by atoms with Gasteiger partial charge in [-0.2, -0.15) is 0 Å². The summed E-state index contributed by atoms with van der Waals surface area (Å²) in [7, 11) is 0. The Hall–Kier alpha value is -0.940. The van der Waals surface area contributed by atoms with E-state index in [4.69, 9.17) is 10.5 Å². The fourth-order valence-corrected chi connectivity index (χ4v) is 2.22. The Kier molecular flexibility index (Phi) is 5.79. The lowest BCUT2D eigenvalue weighted by atomic mass is 10.1. The number of nitrogens with two attached hydrogens (primary N) is 1. The lowest BCUT2D eigenvalue weighted by Gasteiger charge is -2.26. The molecule has 4 nitrogen and oxygen atoms in total. The molecule has 0 spiro atoms. The van der Waals surface area contributed by atoms with Crippen LogP contribution in [0.4, 0.5) is 0 Å². The Labute approximate surface area is 115 Å². The molecule has 1 fully saturated rings. The van der Waals surface area contributed by atoms with Crippen molar-refractivity contribution >= 4 is 0 Å². The first-order valence-electron chi connectivity index (χ1n) is 7.08. The van der Waals surface area contributed by atoms with Gasteiger partial charge < -0.3 is 15.8 Å². The van der Waals surface area contributed by atoms with Gasteiger partial charge in [-0.05, 0) is 18.1 Å². The number of benzene rings is 1. The molecule has 0 amide bonds. The third kappa shape index (κ3) is 5.28. The van der Waals surface area contributed by atoms with Crippen molar-refractivity contribution in [2.24, 2.45) is 5.73 Å². The number of rotatable bonds is 6. The highest BCUT2D eigenvalue weighted by atomic mass is 16.5. The molecule has 3 N–H and O–H groups in total. The molecule has 0 radical (unpaired) electrons. The van der Waals surface area contributed by atoms with Crippen LogP contribution < -0.4 is 11.1 Å². The monoisotopic (exact) mass is 263 g/mol. The van der Waals surface area contributed by atoms with Crippen LogP contribution in [-0.4, -0.2) is 43.8 Å². The van der Waals surface area contributed by atoms with Crippen molar-refractivity contribution in [1.29, 1.82) is 0 Å². The van der Waals surface area contributed by atoms with Gasteiger partial charge in [-0.1, -0.05) is 24.3 Å². The van der Waals surface area contributed by atoms with E-state index < -0.39 is 0 Å². The van der Waals surface area contributed by atoms with Crippen LogP contribution in [0.25, 0.3) is 0 Å². The van der Waals surface area contributed by atoms with E-state index in [2.05, 4.69) is 34.5 Å². The Morgan fingerprint density at radius 2 is 1.84 bits per heavy atom. The summed E-state index contributed by atoms with van der Waals surface area (Å²) in [6.07, 6.45) is 0. The number of nitrogens with zero attached hydrogens (tertiary/aromatic N) is 1. The zero-order valence-electron chi connectivity index (χ0n) is 11.8. The third-order valence-corrected chi connectivity index (χ3v) is 3.33. The molecule has 0 aliphatic carbocycles. The first-order valence-corrected chi connectivity index (χ1v) is 7.08. The number of morpholine rings is 1. The molecule has 106 valence electrons. The van der Waals surface area contributed by atoms with Crippen molar-refractivity contribution in [3.8, 4) is 0 Å². The van der Waals surface area contributed by atoms with Crippen LogP contribution >= 0.6 is 0 Å². The molecule has 4 heteroatoms. The second-order valence-electron chi connectivity index (χ2n) is 5.31. The van der Waals surface area contributed by atoms with Crippen LogP contribution in [0.1, 0.15) is 18.1 Å². The van der Waals surface area contributed by atoms with Crippen LogP contribution in [0.15, 0.2) is 24.3 Å². The van der Waals surface area contributed by atoms with Crippen LogP contribution in [0.5, 0.6) is 0 Å². The fraction of sp³-hybridized carbons (Fsp3) is 0.600. The standard InChI is InChI=1S/C15H25N3O/c1-13(16)10-17-11-14-2-4-15(5-3-14)12-18-6-8-19-9-7-18/h2-5,13,17H,6-12,16H2,1H3. The van der Waals surface area contributed by atoms with Crippen molar-refractivity contribution in [3.63, 3.8) is 0 Å². The zero-order valence-corrected chi connectivity index (χ0v) is 11.8. The molecule has 1 aliphatic rings. The molecule has 0 aromatic heterocycles. The largest absolute Gasteiger partial charge is 0.379 e. The normalized spacial score (nSPS) is 18.4. The molecular formula is C15H25N3O. The van der Waals surface area contributed by atoms with E-state index in [9.17, 15) is 0 Å². The molecular weight excluding hydrogens is 238 g/mol. The quantitative estimate of drug-likeness (QED) is 0.802. The van der Waals surface area contributed by atoms with Crippen LogP contribution in [0, 0.1) is 0 Å². The van der Waals surface area contributed by atoms with E-state index in [1.54, 1.807) is 0 Å². The Balaban J connectivity index is 1.77. The molecule has 1 saturated heterocycles. The van der Waals surface area contributed by atoms with Gasteiger partial charge in [0.25, 0.3) is 0 Å². The fourth-order valence-electron chi connectivity index (χ4n) is 2.22. The van der Waals surface area contributed by atoms with Crippen molar-refractivity contribution < 1.29 is 4.74 Å². The summed E-state index contributed by atoms with van der Waals surface area (Å²) in [4.78, 5) is 2.44. The highest BCUT2D eigenvalue weighted by molar-refractivity contribution is 5.22. The summed E-state index contributed by atoms with van der Waals surface area (Å²) in [5, 5.41) is 3.35. The predicted molar refractivity (Wildman–Crippen MR) is 77.9 cm³/mol. The average molecular weight is 263 g/mol. The van der Waals surface area contributed by atoms with E-state index in [1.807, 2.05) is 6.92 Å². The van der Waals surface area contributed by atoms with E-state index in [1.165, 1.54) is 11.1 Å². The molecule has 0 saturated carbocycles. The molecule has 1 heterocycles. The lowest BCUT2D eigenvalue weighted by Crippen LogP contribution is -2.35. The first-order chi connectivity index (χ1) is 9.24. The zero-order chi connectivity index (χ0) is 13.5. The molecule has 19 heavy (non-hydrogen) atoms. The van der Waals surface area contributed by atoms with Gasteiger partial charge in [-0.15, -0.1) is 0 Å². The minimum absolute atomic E-state index is 0.209. The average Bonchev–Trinajstić information content (AvgIpc) is 2.42. The summed E-state index contributed by atoms with van der Waals surface area (Å²) < 4.78 is 5.36. The van der Waals surface area contributed by atoms with Crippen LogP contribution in [-0.2, 0) is 17.8 Å². The van der Waals surface area contributed by atoms with Gasteiger partial charge in [0, 0.05) is 38.8 Å². The number of hydrogen-bond donors (Lipinski definition) is 2. The van der Waals surface area contributed by atoms with Gasteiger partial charge in [-0.3, -0.25) is 4.90 Å². The van der Waals surface area contributed by atoms with E-state index in [-0.39, 0.29) is 6.04 Å². The van der Waals surface area contributed by atoms with Crippen molar-refractivity contribution in [2.45, 2.75) is 26.1 Å². The molecule has 1 aromatic rings. The predicted octanol–water partition coefficient (Wildman–Crippen LogP) is 0.956. The molecule has 1 unspecified atom stereocenters. The summed E-state index contributed by atoms with van der Waals surface area (Å²) in [6.45, 7) is 8.58. The molecule has 1 aromatic carbocycles. The smallest absolute Gasteiger partial charge is 0.0594 e. The number of nitrogens with one attached hydrogen (secondary N) is 1. The second-order valence-corrected chi connectivity index (χ2v) is 5.31. The maximum Gasteiger partial charge on any atom is 0.0594 e. The molecule has 1 atom stereocenters. The van der Waals surface area contributed by atoms with Gasteiger partial charge in [0.15, 0.2) is 0 Å². The second kappa shape index (κ2) is 7.60. The van der Waals surface area contributed by atoms with Gasteiger partial charge in [0.1, 0.15) is 0 Å². The highest BCUT2D eigenvalue weighted by Gasteiger charge is 2.10. The lowest BCUT2D eigenvalue weighted by molar-refractivity contribution is 0.0342. The summed E-state index contributed by atoms with van der Waals surface area (Å²) >= 11 is 0. The Morgan fingerprint density at radius 1 is 1.21 bits per heavy atom. The first kappa shape index (κ1) is 14.5. The van der Waals surface area contributed by atoms with Gasteiger partial charge in [-0.25, -0.2) is 0 Å². The van der Waals surface area contributed by atoms with Crippen LogP contribution in [0.2, 0.25) is 0 Å². The van der Waals surface area contributed by atoms with Gasteiger partial charge >= 0.3 is 0 Å². The van der Waals surface area contributed by atoms with E-state index >= 15 is 0 Å². The maximum atomic E-state index is 5.71. The SMILES string of the molecule is CC(N)CNCc1ccc(CN2CCOCC2)cc1. The minimum atomic E-state index is 0.209. The van der Waals surface area contributed by atoms with Crippen molar-refractivity contribution in [1.82, 2.24) is 10.2 Å². The highest BCUT2D eigenvalue weighted by Crippen LogP contribution is 2.09. The van der Waals surface area contributed by atoms with Gasteiger partial charge in [0.2, 0.25) is 0 Å². The summed E-state index contributed by atoms with van der Waals surface area (Å²) in [5.41, 5.74) is 8.39. The summed E-state index contributed by atoms with van der Waals surface area (Å²) in [6, 6.07) is 9.05.